The van der Waals surface area contributed by atoms with Gasteiger partial charge in [-0.15, -0.1) is 0 Å². The minimum absolute atomic E-state index is 0.0902. The van der Waals surface area contributed by atoms with Crippen LogP contribution in [0.5, 0.6) is 0 Å². The molecule has 0 aliphatic carbocycles. The molecular weight excluding hydrogens is 605 g/mol. The highest BCUT2D eigenvalue weighted by atomic mass is 14.7. The van der Waals surface area contributed by atoms with Crippen LogP contribution in [0.1, 0.15) is 52.7 Å². The van der Waals surface area contributed by atoms with Gasteiger partial charge in [-0.1, -0.05) is 151 Å². The average Bonchev–Trinajstić information content (AvgIpc) is 3.12. The molecule has 0 bridgehead atoms. The Hall–Kier alpha value is -5.60. The normalized spacial score (nSPS) is 13.0. The smallest absolute Gasteiger partial charge is 0.0801 e. The monoisotopic (exact) mass is 642 g/mol. The van der Waals surface area contributed by atoms with Gasteiger partial charge in [-0.05, 0) is 77.9 Å². The molecule has 2 nitrogen and oxygen atoms in total. The molecule has 2 heterocycles. The SMILES string of the molecule is CC(C)(C)c1ccc(-c2c3ccccc3c3nc4ccc5c(-c6ccc(C(C)(C)C)cc6)c6ccccc6c6nc7ccc2c3c7c4c56)cc1. The molecule has 0 fully saturated rings. The lowest BCUT2D eigenvalue weighted by Crippen LogP contribution is -2.10. The van der Waals surface area contributed by atoms with E-state index in [9.17, 15) is 0 Å². The Bertz CT molecular complexity index is 2750. The fourth-order valence-electron chi connectivity index (χ4n) is 8.53. The molecule has 50 heavy (non-hydrogen) atoms. The van der Waals surface area contributed by atoms with Crippen molar-refractivity contribution < 1.29 is 0 Å². The third kappa shape index (κ3) is 4.02. The fourth-order valence-corrected chi connectivity index (χ4v) is 8.53. The van der Waals surface area contributed by atoms with Crippen LogP contribution >= 0.6 is 0 Å². The van der Waals surface area contributed by atoms with Crippen LogP contribution in [0.4, 0.5) is 0 Å². The largest absolute Gasteiger partial charge is 0.247 e. The van der Waals surface area contributed by atoms with Crippen LogP contribution in [-0.2, 0) is 10.8 Å². The van der Waals surface area contributed by atoms with Crippen LogP contribution in [0.15, 0.2) is 121 Å². The molecule has 0 amide bonds. The molecule has 0 radical (unpaired) electrons. The minimum Gasteiger partial charge on any atom is -0.247 e. The molecule has 0 saturated heterocycles. The number of hydrogen-bond donors (Lipinski definition) is 0. The van der Waals surface area contributed by atoms with Crippen molar-refractivity contribution in [3.8, 4) is 22.3 Å². The summed E-state index contributed by atoms with van der Waals surface area (Å²) in [6, 6.07) is 45.1. The molecular formula is C48H38N2. The fraction of sp³-hybridized carbons (Fsp3) is 0.167. The van der Waals surface area contributed by atoms with Gasteiger partial charge in [0.15, 0.2) is 0 Å². The molecule has 0 aliphatic rings. The number of rotatable bonds is 2. The zero-order valence-corrected chi connectivity index (χ0v) is 29.4. The number of fused-ring (bicyclic) bond motifs is 4. The summed E-state index contributed by atoms with van der Waals surface area (Å²) in [6.45, 7) is 13.6. The van der Waals surface area contributed by atoms with Crippen molar-refractivity contribution in [2.45, 2.75) is 52.4 Å². The van der Waals surface area contributed by atoms with E-state index in [1.54, 1.807) is 0 Å². The lowest BCUT2D eigenvalue weighted by Gasteiger charge is -2.23. The lowest BCUT2D eigenvalue weighted by atomic mass is 9.83. The molecule has 0 saturated carbocycles. The maximum absolute atomic E-state index is 5.53. The van der Waals surface area contributed by atoms with Gasteiger partial charge in [-0.2, -0.15) is 0 Å². The summed E-state index contributed by atoms with van der Waals surface area (Å²) in [7, 11) is 0. The van der Waals surface area contributed by atoms with Gasteiger partial charge in [0.05, 0.1) is 22.1 Å². The summed E-state index contributed by atoms with van der Waals surface area (Å²) in [5, 5.41) is 12.1. The molecule has 240 valence electrons. The predicted molar refractivity (Wildman–Crippen MR) is 215 cm³/mol. The van der Waals surface area contributed by atoms with Crippen molar-refractivity contribution in [3.63, 3.8) is 0 Å². The van der Waals surface area contributed by atoms with Crippen molar-refractivity contribution in [1.29, 1.82) is 0 Å². The molecule has 2 heteroatoms. The van der Waals surface area contributed by atoms with E-state index < -0.39 is 0 Å². The van der Waals surface area contributed by atoms with E-state index in [2.05, 4.69) is 163 Å². The lowest BCUT2D eigenvalue weighted by molar-refractivity contribution is 0.590. The first-order chi connectivity index (χ1) is 24.1. The van der Waals surface area contributed by atoms with Gasteiger partial charge in [0.25, 0.3) is 0 Å². The average molecular weight is 643 g/mol. The second-order valence-corrected chi connectivity index (χ2v) is 16.2. The topological polar surface area (TPSA) is 25.8 Å². The number of pyridine rings is 2. The van der Waals surface area contributed by atoms with Gasteiger partial charge < -0.3 is 0 Å². The van der Waals surface area contributed by atoms with E-state index in [1.807, 2.05) is 0 Å². The number of aromatic nitrogens is 2. The zero-order chi connectivity index (χ0) is 34.1. The summed E-state index contributed by atoms with van der Waals surface area (Å²) in [5.74, 6) is 0. The van der Waals surface area contributed by atoms with Crippen LogP contribution in [-0.4, -0.2) is 9.97 Å². The van der Waals surface area contributed by atoms with E-state index >= 15 is 0 Å². The molecule has 0 N–H and O–H groups in total. The molecule has 8 aromatic carbocycles. The van der Waals surface area contributed by atoms with Gasteiger partial charge in [-0.25, -0.2) is 9.97 Å². The summed E-state index contributed by atoms with van der Waals surface area (Å²) < 4.78 is 0. The predicted octanol–water partition coefficient (Wildman–Crippen LogP) is 13.4. The molecule has 0 spiro atoms. The van der Waals surface area contributed by atoms with Gasteiger partial charge in [-0.3, -0.25) is 0 Å². The van der Waals surface area contributed by atoms with Crippen molar-refractivity contribution in [3.05, 3.63) is 132 Å². The maximum atomic E-state index is 5.53. The van der Waals surface area contributed by atoms with E-state index in [0.29, 0.717) is 0 Å². The number of benzene rings is 8. The van der Waals surface area contributed by atoms with Crippen LogP contribution in [0.3, 0.4) is 0 Å². The number of nitrogens with zero attached hydrogens (tertiary/aromatic N) is 2. The Morgan fingerprint density at radius 3 is 1.06 bits per heavy atom. The highest BCUT2D eigenvalue weighted by Gasteiger charge is 2.25. The van der Waals surface area contributed by atoms with Gasteiger partial charge in [0, 0.05) is 32.3 Å². The van der Waals surface area contributed by atoms with Gasteiger partial charge in [0.1, 0.15) is 0 Å². The molecule has 0 unspecified atom stereocenters. The molecule has 10 aromatic rings. The quantitative estimate of drug-likeness (QED) is 0.138. The third-order valence-electron chi connectivity index (χ3n) is 11.1. The Morgan fingerprint density at radius 2 is 0.700 bits per heavy atom. The Morgan fingerprint density at radius 1 is 0.340 bits per heavy atom. The Labute approximate surface area is 292 Å². The van der Waals surface area contributed by atoms with Crippen LogP contribution < -0.4 is 0 Å². The van der Waals surface area contributed by atoms with E-state index in [-0.39, 0.29) is 10.8 Å². The van der Waals surface area contributed by atoms with E-state index in [0.717, 1.165) is 22.1 Å². The summed E-state index contributed by atoms with van der Waals surface area (Å²) in [4.78, 5) is 11.1. The minimum atomic E-state index is 0.0902. The summed E-state index contributed by atoms with van der Waals surface area (Å²) in [5.41, 5.74) is 12.0. The van der Waals surface area contributed by atoms with Crippen molar-refractivity contribution >= 4 is 75.9 Å². The summed E-state index contributed by atoms with van der Waals surface area (Å²) >= 11 is 0. The standard InChI is InChI=1S/C48H38N2/c1-47(2,3)29-19-15-27(16-20-29)39-31-11-7-9-13-33(31)45-41-35(39)23-25-37-43(41)44-38(49-45)26-24-36-40(28-17-21-30(22-18-28)48(4,5)6)32-12-8-10-14-34(32)46(50-37)42(36)44/h7-26H,1-6H3. The second-order valence-electron chi connectivity index (χ2n) is 16.2. The second kappa shape index (κ2) is 9.98. The maximum Gasteiger partial charge on any atom is 0.0801 e. The molecule has 10 rings (SSSR count). The van der Waals surface area contributed by atoms with E-state index in [4.69, 9.17) is 9.97 Å². The van der Waals surface area contributed by atoms with Crippen LogP contribution in [0.25, 0.3) is 98.2 Å². The molecule has 2 aromatic heterocycles. The first-order valence-electron chi connectivity index (χ1n) is 17.8. The summed E-state index contributed by atoms with van der Waals surface area (Å²) in [6.07, 6.45) is 0. The Balaban J connectivity index is 1.37. The molecule has 0 atom stereocenters. The first kappa shape index (κ1) is 29.3. The van der Waals surface area contributed by atoms with Gasteiger partial charge in [0.2, 0.25) is 0 Å². The first-order valence-corrected chi connectivity index (χ1v) is 17.8. The van der Waals surface area contributed by atoms with Gasteiger partial charge >= 0.3 is 0 Å². The Kier molecular flexibility index (Phi) is 5.86. The molecule has 0 aliphatic heterocycles. The van der Waals surface area contributed by atoms with Crippen molar-refractivity contribution in [2.24, 2.45) is 0 Å². The third-order valence-corrected chi connectivity index (χ3v) is 11.1. The van der Waals surface area contributed by atoms with Crippen LogP contribution in [0, 0.1) is 0 Å². The van der Waals surface area contributed by atoms with Crippen molar-refractivity contribution in [1.82, 2.24) is 9.97 Å². The highest BCUT2D eigenvalue weighted by molar-refractivity contribution is 6.41. The zero-order valence-electron chi connectivity index (χ0n) is 29.4. The van der Waals surface area contributed by atoms with Crippen molar-refractivity contribution in [2.75, 3.05) is 0 Å². The number of hydrogen-bond acceptors (Lipinski definition) is 2. The van der Waals surface area contributed by atoms with E-state index in [1.165, 1.54) is 87.2 Å². The van der Waals surface area contributed by atoms with Crippen LogP contribution in [0.2, 0.25) is 0 Å². The highest BCUT2D eigenvalue weighted by Crippen LogP contribution is 2.50.